The number of allylic oxidation sites excluding steroid dienone is 2. The molecule has 0 saturated carbocycles. The maximum absolute atomic E-state index is 11.8. The first-order valence-electron chi connectivity index (χ1n) is 5.11. The van der Waals surface area contributed by atoms with Crippen molar-refractivity contribution < 1.29 is 9.53 Å². The van der Waals surface area contributed by atoms with Crippen LogP contribution in [-0.2, 0) is 11.3 Å². The van der Waals surface area contributed by atoms with E-state index in [4.69, 9.17) is 16.3 Å². The van der Waals surface area contributed by atoms with Gasteiger partial charge < -0.3 is 4.74 Å². The van der Waals surface area contributed by atoms with Gasteiger partial charge in [-0.1, -0.05) is 24.6 Å². The van der Waals surface area contributed by atoms with Crippen molar-refractivity contribution in [1.29, 1.82) is 0 Å². The lowest BCUT2D eigenvalue weighted by Crippen LogP contribution is -2.12. The van der Waals surface area contributed by atoms with Gasteiger partial charge in [0.1, 0.15) is 5.69 Å². The molecule has 16 heavy (non-hydrogen) atoms. The van der Waals surface area contributed by atoms with Crippen molar-refractivity contribution in [2.45, 2.75) is 19.9 Å². The molecule has 0 aromatic carbocycles. The summed E-state index contributed by atoms with van der Waals surface area (Å²) >= 11 is 5.92. The molecule has 0 amide bonds. The Morgan fingerprint density at radius 1 is 1.69 bits per heavy atom. The van der Waals surface area contributed by atoms with Crippen molar-refractivity contribution in [3.8, 4) is 0 Å². The van der Waals surface area contributed by atoms with E-state index in [1.165, 1.54) is 12.3 Å². The molecule has 0 atom stereocenters. The number of ketones is 1. The molecule has 0 spiro atoms. The highest BCUT2D eigenvalue weighted by Crippen LogP contribution is 2.16. The number of nitrogens with zero attached hydrogens (tertiary/aromatic N) is 2. The molecule has 1 rings (SSSR count). The lowest BCUT2D eigenvalue weighted by atomic mass is 10.2. The monoisotopic (exact) mass is 242 g/mol. The molecule has 0 bridgehead atoms. The molecule has 4 nitrogen and oxygen atoms in total. The van der Waals surface area contributed by atoms with E-state index in [0.717, 1.165) is 6.42 Å². The number of hydrogen-bond donors (Lipinski definition) is 0. The van der Waals surface area contributed by atoms with Crippen LogP contribution in [0.25, 0.3) is 0 Å². The molecule has 1 heterocycles. The third-order valence-corrected chi connectivity index (χ3v) is 2.32. The molecule has 0 aliphatic heterocycles. The highest BCUT2D eigenvalue weighted by molar-refractivity contribution is 6.34. The summed E-state index contributed by atoms with van der Waals surface area (Å²) in [4.78, 5) is 11.8. The summed E-state index contributed by atoms with van der Waals surface area (Å²) in [6, 6.07) is 0. The maximum Gasteiger partial charge on any atom is 0.205 e. The summed E-state index contributed by atoms with van der Waals surface area (Å²) in [6.45, 7) is 2.98. The Bertz CT molecular complexity index is 385. The average Bonchev–Trinajstić information content (AvgIpc) is 2.64. The normalized spacial score (nSPS) is 11.2. The van der Waals surface area contributed by atoms with E-state index in [9.17, 15) is 4.79 Å². The maximum atomic E-state index is 11.8. The van der Waals surface area contributed by atoms with Gasteiger partial charge in [-0.2, -0.15) is 5.10 Å². The highest BCUT2D eigenvalue weighted by atomic mass is 35.5. The lowest BCUT2D eigenvalue weighted by molar-refractivity contribution is 0.103. The average molecular weight is 243 g/mol. The first-order chi connectivity index (χ1) is 7.70. The molecule has 0 unspecified atom stereocenters. The predicted molar refractivity (Wildman–Crippen MR) is 62.9 cm³/mol. The minimum absolute atomic E-state index is 0.125. The van der Waals surface area contributed by atoms with Gasteiger partial charge in [0.05, 0.1) is 24.4 Å². The third-order valence-electron chi connectivity index (χ3n) is 2.04. The number of methoxy groups -OCH3 is 1. The first-order valence-corrected chi connectivity index (χ1v) is 5.49. The second-order valence-electron chi connectivity index (χ2n) is 3.23. The second kappa shape index (κ2) is 6.45. The number of rotatable bonds is 6. The van der Waals surface area contributed by atoms with E-state index in [1.807, 2.05) is 6.92 Å². The van der Waals surface area contributed by atoms with Crippen molar-refractivity contribution in [3.63, 3.8) is 0 Å². The molecule has 88 valence electrons. The zero-order chi connectivity index (χ0) is 12.0. The van der Waals surface area contributed by atoms with E-state index in [0.29, 0.717) is 23.9 Å². The van der Waals surface area contributed by atoms with Crippen LogP contribution in [0.1, 0.15) is 23.8 Å². The Kier molecular flexibility index (Phi) is 5.22. The molecular formula is C11H15ClN2O2. The summed E-state index contributed by atoms with van der Waals surface area (Å²) in [5.74, 6) is -0.125. The molecule has 0 aliphatic carbocycles. The van der Waals surface area contributed by atoms with E-state index >= 15 is 0 Å². The van der Waals surface area contributed by atoms with E-state index in [-0.39, 0.29) is 5.78 Å². The van der Waals surface area contributed by atoms with Gasteiger partial charge in [0.25, 0.3) is 0 Å². The minimum atomic E-state index is -0.125. The summed E-state index contributed by atoms with van der Waals surface area (Å²) in [7, 11) is 1.60. The van der Waals surface area contributed by atoms with Gasteiger partial charge in [0, 0.05) is 7.11 Å². The van der Waals surface area contributed by atoms with Gasteiger partial charge in [0.15, 0.2) is 0 Å². The zero-order valence-electron chi connectivity index (χ0n) is 9.44. The standard InChI is InChI=1S/C11H15ClN2O2/c1-3-4-5-10(15)11-9(12)8-13-14(11)6-7-16-2/h4-5,8H,3,6-7H2,1-2H3/b5-4+. The minimum Gasteiger partial charge on any atom is -0.383 e. The second-order valence-corrected chi connectivity index (χ2v) is 3.64. The van der Waals surface area contributed by atoms with Gasteiger partial charge >= 0.3 is 0 Å². The van der Waals surface area contributed by atoms with Crippen molar-refractivity contribution in [1.82, 2.24) is 9.78 Å². The number of carbonyl (C=O) groups excluding carboxylic acids is 1. The van der Waals surface area contributed by atoms with Gasteiger partial charge in [0.2, 0.25) is 5.78 Å². The lowest BCUT2D eigenvalue weighted by Gasteiger charge is -2.04. The fraction of sp³-hybridized carbons (Fsp3) is 0.455. The fourth-order valence-corrected chi connectivity index (χ4v) is 1.49. The van der Waals surface area contributed by atoms with Crippen LogP contribution < -0.4 is 0 Å². The van der Waals surface area contributed by atoms with E-state index in [1.54, 1.807) is 17.9 Å². The van der Waals surface area contributed by atoms with Gasteiger partial charge in [-0.15, -0.1) is 0 Å². The predicted octanol–water partition coefficient (Wildman–Crippen LogP) is 2.33. The SMILES string of the molecule is CC/C=C/C(=O)c1c(Cl)cnn1CCOC. The highest BCUT2D eigenvalue weighted by Gasteiger charge is 2.14. The Balaban J connectivity index is 2.88. The Morgan fingerprint density at radius 2 is 2.44 bits per heavy atom. The largest absolute Gasteiger partial charge is 0.383 e. The summed E-state index contributed by atoms with van der Waals surface area (Å²) in [5, 5.41) is 4.41. The van der Waals surface area contributed by atoms with Crippen LogP contribution in [0.2, 0.25) is 5.02 Å². The molecule has 0 fully saturated rings. The number of hydrogen-bond acceptors (Lipinski definition) is 3. The molecule has 0 radical (unpaired) electrons. The van der Waals surface area contributed by atoms with Crippen LogP contribution in [0, 0.1) is 0 Å². The Labute approximate surface area is 99.8 Å². The molecule has 5 heteroatoms. The Morgan fingerprint density at radius 3 is 3.06 bits per heavy atom. The molecule has 1 aromatic rings. The summed E-state index contributed by atoms with van der Waals surface area (Å²) in [6.07, 6.45) is 5.61. The van der Waals surface area contributed by atoms with Crippen LogP contribution in [0.5, 0.6) is 0 Å². The number of ether oxygens (including phenoxy) is 1. The van der Waals surface area contributed by atoms with Gasteiger partial charge in [-0.05, 0) is 12.5 Å². The van der Waals surface area contributed by atoms with Crippen LogP contribution >= 0.6 is 11.6 Å². The topological polar surface area (TPSA) is 44.1 Å². The van der Waals surface area contributed by atoms with Crippen molar-refractivity contribution >= 4 is 17.4 Å². The smallest absolute Gasteiger partial charge is 0.205 e. The van der Waals surface area contributed by atoms with Crippen molar-refractivity contribution in [3.05, 3.63) is 29.1 Å². The first kappa shape index (κ1) is 12.9. The molecular weight excluding hydrogens is 228 g/mol. The van der Waals surface area contributed by atoms with Crippen LogP contribution in [0.3, 0.4) is 0 Å². The van der Waals surface area contributed by atoms with Crippen LogP contribution in [-0.4, -0.2) is 29.3 Å². The van der Waals surface area contributed by atoms with E-state index in [2.05, 4.69) is 5.10 Å². The molecule has 0 aliphatic rings. The molecule has 1 aromatic heterocycles. The van der Waals surface area contributed by atoms with E-state index < -0.39 is 0 Å². The number of carbonyl (C=O) groups is 1. The van der Waals surface area contributed by atoms with Crippen molar-refractivity contribution in [2.75, 3.05) is 13.7 Å². The molecule has 0 saturated heterocycles. The third kappa shape index (κ3) is 3.18. The van der Waals surface area contributed by atoms with Crippen molar-refractivity contribution in [2.24, 2.45) is 0 Å². The fourth-order valence-electron chi connectivity index (χ4n) is 1.26. The van der Waals surface area contributed by atoms with Gasteiger partial charge in [-0.3, -0.25) is 9.48 Å². The number of aromatic nitrogens is 2. The molecule has 0 N–H and O–H groups in total. The van der Waals surface area contributed by atoms with Crippen LogP contribution in [0.4, 0.5) is 0 Å². The van der Waals surface area contributed by atoms with Gasteiger partial charge in [-0.25, -0.2) is 0 Å². The summed E-state index contributed by atoms with van der Waals surface area (Å²) < 4.78 is 6.50. The Hall–Kier alpha value is -1.13. The quantitative estimate of drug-likeness (QED) is 0.568. The summed E-state index contributed by atoms with van der Waals surface area (Å²) in [5.41, 5.74) is 0.420. The number of halogens is 1. The van der Waals surface area contributed by atoms with Crippen LogP contribution in [0.15, 0.2) is 18.3 Å². The zero-order valence-corrected chi connectivity index (χ0v) is 10.2.